The van der Waals surface area contributed by atoms with E-state index in [1.165, 1.54) is 18.3 Å². The Morgan fingerprint density at radius 1 is 1.19 bits per heavy atom. The number of rotatable bonds is 4. The molecule has 6 nitrogen and oxygen atoms in total. The van der Waals surface area contributed by atoms with E-state index in [1.54, 1.807) is 17.0 Å². The first-order valence-corrected chi connectivity index (χ1v) is 9.84. The van der Waals surface area contributed by atoms with Gasteiger partial charge in [-0.2, -0.15) is 0 Å². The summed E-state index contributed by atoms with van der Waals surface area (Å²) < 4.78 is 0. The summed E-state index contributed by atoms with van der Waals surface area (Å²) in [5.41, 5.74) is 2.29. The smallest absolute Gasteiger partial charge is 0.263 e. The van der Waals surface area contributed by atoms with E-state index in [0.29, 0.717) is 23.7 Å². The summed E-state index contributed by atoms with van der Waals surface area (Å²) in [6, 6.07) is 9.06. The van der Waals surface area contributed by atoms with Gasteiger partial charge in [-0.1, -0.05) is 6.07 Å². The molecule has 27 heavy (non-hydrogen) atoms. The summed E-state index contributed by atoms with van der Waals surface area (Å²) in [6.07, 6.45) is 1.58. The Morgan fingerprint density at radius 2 is 2.00 bits per heavy atom. The van der Waals surface area contributed by atoms with Crippen molar-refractivity contribution in [3.8, 4) is 0 Å². The standard InChI is InChI=1S/C20H23N3O3S/c1-13-11-16(7-8-17(13)21-14(2)24)22-19(25)15-5-3-9-23(12-15)20(26)18-6-4-10-27-18/h4,6-8,10-11,15H,3,5,9,12H2,1-2H3,(H,21,24)(H,22,25)/t15-/m0/s1. The first kappa shape index (κ1) is 19.1. The van der Waals surface area contributed by atoms with Crippen molar-refractivity contribution in [2.45, 2.75) is 26.7 Å². The van der Waals surface area contributed by atoms with Crippen molar-refractivity contribution in [3.63, 3.8) is 0 Å². The van der Waals surface area contributed by atoms with Crippen LogP contribution in [0.1, 0.15) is 35.0 Å². The molecular weight excluding hydrogens is 362 g/mol. The molecule has 1 fully saturated rings. The maximum Gasteiger partial charge on any atom is 0.263 e. The number of hydrogen-bond acceptors (Lipinski definition) is 4. The lowest BCUT2D eigenvalue weighted by Crippen LogP contribution is -2.43. The molecule has 7 heteroatoms. The number of carbonyl (C=O) groups excluding carboxylic acids is 3. The Hall–Kier alpha value is -2.67. The van der Waals surface area contributed by atoms with Crippen LogP contribution >= 0.6 is 11.3 Å². The Labute approximate surface area is 162 Å². The van der Waals surface area contributed by atoms with Gasteiger partial charge in [0.2, 0.25) is 11.8 Å². The number of likely N-dealkylation sites (tertiary alicyclic amines) is 1. The Balaban J connectivity index is 1.63. The van der Waals surface area contributed by atoms with Crippen LogP contribution in [-0.2, 0) is 9.59 Å². The van der Waals surface area contributed by atoms with Gasteiger partial charge in [0.25, 0.3) is 5.91 Å². The second-order valence-corrected chi connectivity index (χ2v) is 7.72. The lowest BCUT2D eigenvalue weighted by Gasteiger charge is -2.31. The molecule has 1 aromatic carbocycles. The third kappa shape index (κ3) is 4.74. The van der Waals surface area contributed by atoms with Crippen LogP contribution in [0.3, 0.4) is 0 Å². The van der Waals surface area contributed by atoms with Crippen LogP contribution in [0.4, 0.5) is 11.4 Å². The number of nitrogens with one attached hydrogen (secondary N) is 2. The van der Waals surface area contributed by atoms with Gasteiger partial charge >= 0.3 is 0 Å². The molecule has 0 saturated carbocycles. The molecule has 0 unspecified atom stereocenters. The number of hydrogen-bond donors (Lipinski definition) is 2. The van der Waals surface area contributed by atoms with Gasteiger partial charge in [-0.25, -0.2) is 0 Å². The number of aryl methyl sites for hydroxylation is 1. The van der Waals surface area contributed by atoms with E-state index in [-0.39, 0.29) is 23.6 Å². The minimum Gasteiger partial charge on any atom is -0.337 e. The minimum atomic E-state index is -0.224. The fourth-order valence-corrected chi connectivity index (χ4v) is 3.94. The topological polar surface area (TPSA) is 78.5 Å². The van der Waals surface area contributed by atoms with Crippen LogP contribution in [0.5, 0.6) is 0 Å². The maximum atomic E-state index is 12.7. The lowest BCUT2D eigenvalue weighted by molar-refractivity contribution is -0.121. The highest BCUT2D eigenvalue weighted by atomic mass is 32.1. The number of benzene rings is 1. The van der Waals surface area contributed by atoms with Gasteiger partial charge in [-0.3, -0.25) is 14.4 Å². The predicted octanol–water partition coefficient (Wildman–Crippen LogP) is 3.51. The summed E-state index contributed by atoms with van der Waals surface area (Å²) in [7, 11) is 0. The van der Waals surface area contributed by atoms with Gasteiger partial charge in [-0.15, -0.1) is 11.3 Å². The summed E-state index contributed by atoms with van der Waals surface area (Å²) in [6.45, 7) is 4.46. The Morgan fingerprint density at radius 3 is 2.67 bits per heavy atom. The molecular formula is C20H23N3O3S. The van der Waals surface area contributed by atoms with Gasteiger partial charge in [0.05, 0.1) is 10.8 Å². The van der Waals surface area contributed by atoms with Crippen LogP contribution in [0, 0.1) is 12.8 Å². The first-order valence-electron chi connectivity index (χ1n) is 8.96. The van der Waals surface area contributed by atoms with Crippen molar-refractivity contribution < 1.29 is 14.4 Å². The summed E-state index contributed by atoms with van der Waals surface area (Å²) in [5.74, 6) is -0.436. The SMILES string of the molecule is CC(=O)Nc1ccc(NC(=O)[C@H]2CCCN(C(=O)c3cccs3)C2)cc1C. The van der Waals surface area contributed by atoms with Gasteiger partial charge in [0, 0.05) is 31.4 Å². The van der Waals surface area contributed by atoms with Crippen LogP contribution in [0.15, 0.2) is 35.7 Å². The molecule has 1 aliphatic heterocycles. The molecule has 0 radical (unpaired) electrons. The summed E-state index contributed by atoms with van der Waals surface area (Å²) in [5, 5.41) is 7.58. The monoisotopic (exact) mass is 385 g/mol. The van der Waals surface area contributed by atoms with Gasteiger partial charge in [0.1, 0.15) is 0 Å². The molecule has 1 aliphatic rings. The molecule has 3 rings (SSSR count). The second kappa shape index (κ2) is 8.35. The first-order chi connectivity index (χ1) is 12.9. The number of nitrogens with zero attached hydrogens (tertiary/aromatic N) is 1. The lowest BCUT2D eigenvalue weighted by atomic mass is 9.96. The Bertz CT molecular complexity index is 848. The highest BCUT2D eigenvalue weighted by Crippen LogP contribution is 2.24. The fourth-order valence-electron chi connectivity index (χ4n) is 3.25. The van der Waals surface area contributed by atoms with Gasteiger partial charge in [-0.05, 0) is 55.0 Å². The molecule has 142 valence electrons. The number of piperidine rings is 1. The third-order valence-electron chi connectivity index (χ3n) is 4.62. The minimum absolute atomic E-state index is 0.00185. The molecule has 1 aromatic heterocycles. The maximum absolute atomic E-state index is 12.7. The molecule has 2 N–H and O–H groups in total. The van der Waals surface area contributed by atoms with E-state index in [4.69, 9.17) is 0 Å². The number of thiophene rings is 1. The molecule has 3 amide bonds. The van der Waals surface area contributed by atoms with Gasteiger partial charge in [0.15, 0.2) is 0 Å². The average molecular weight is 385 g/mol. The van der Waals surface area contributed by atoms with Crippen LogP contribution < -0.4 is 10.6 Å². The van der Waals surface area contributed by atoms with E-state index >= 15 is 0 Å². The number of carbonyl (C=O) groups is 3. The van der Waals surface area contributed by atoms with E-state index in [1.807, 2.05) is 30.5 Å². The Kier molecular flexibility index (Phi) is 5.91. The molecule has 2 aromatic rings. The molecule has 2 heterocycles. The predicted molar refractivity (Wildman–Crippen MR) is 107 cm³/mol. The van der Waals surface area contributed by atoms with E-state index < -0.39 is 0 Å². The highest BCUT2D eigenvalue weighted by molar-refractivity contribution is 7.12. The molecule has 1 saturated heterocycles. The molecule has 0 spiro atoms. The quantitative estimate of drug-likeness (QED) is 0.845. The zero-order chi connectivity index (χ0) is 19.4. The molecule has 0 bridgehead atoms. The summed E-state index contributed by atoms with van der Waals surface area (Å²) in [4.78, 5) is 38.9. The highest BCUT2D eigenvalue weighted by Gasteiger charge is 2.29. The molecule has 1 atom stereocenters. The third-order valence-corrected chi connectivity index (χ3v) is 5.47. The van der Waals surface area contributed by atoms with Gasteiger partial charge < -0.3 is 15.5 Å². The van der Waals surface area contributed by atoms with Crippen molar-refractivity contribution in [1.29, 1.82) is 0 Å². The number of amides is 3. The molecule has 0 aliphatic carbocycles. The van der Waals surface area contributed by atoms with Crippen LogP contribution in [-0.4, -0.2) is 35.7 Å². The van der Waals surface area contributed by atoms with Crippen LogP contribution in [0.2, 0.25) is 0 Å². The van der Waals surface area contributed by atoms with E-state index in [2.05, 4.69) is 10.6 Å². The number of anilines is 2. The van der Waals surface area contributed by atoms with Crippen molar-refractivity contribution >= 4 is 40.4 Å². The van der Waals surface area contributed by atoms with E-state index in [9.17, 15) is 14.4 Å². The summed E-state index contributed by atoms with van der Waals surface area (Å²) >= 11 is 1.42. The van der Waals surface area contributed by atoms with Crippen molar-refractivity contribution in [3.05, 3.63) is 46.2 Å². The largest absolute Gasteiger partial charge is 0.337 e. The second-order valence-electron chi connectivity index (χ2n) is 6.77. The normalized spacial score (nSPS) is 16.7. The van der Waals surface area contributed by atoms with Crippen molar-refractivity contribution in [2.75, 3.05) is 23.7 Å². The van der Waals surface area contributed by atoms with Crippen molar-refractivity contribution in [1.82, 2.24) is 4.90 Å². The zero-order valence-electron chi connectivity index (χ0n) is 15.5. The zero-order valence-corrected chi connectivity index (χ0v) is 16.3. The van der Waals surface area contributed by atoms with E-state index in [0.717, 1.165) is 24.1 Å². The van der Waals surface area contributed by atoms with Crippen LogP contribution in [0.25, 0.3) is 0 Å². The fraction of sp³-hybridized carbons (Fsp3) is 0.350. The van der Waals surface area contributed by atoms with Crippen molar-refractivity contribution in [2.24, 2.45) is 5.92 Å². The average Bonchev–Trinajstić information content (AvgIpc) is 3.18.